The van der Waals surface area contributed by atoms with E-state index in [1.54, 1.807) is 18.3 Å². The number of carbonyl (C=O) groups excluding carboxylic acids is 1. The van der Waals surface area contributed by atoms with E-state index in [2.05, 4.69) is 10.4 Å². The van der Waals surface area contributed by atoms with Crippen molar-refractivity contribution >= 4 is 17.5 Å². The van der Waals surface area contributed by atoms with Gasteiger partial charge in [-0.25, -0.2) is 0 Å². The van der Waals surface area contributed by atoms with Crippen molar-refractivity contribution in [2.24, 2.45) is 7.05 Å². The van der Waals surface area contributed by atoms with Gasteiger partial charge in [0.2, 0.25) is 0 Å². The molecule has 1 fully saturated rings. The van der Waals surface area contributed by atoms with Crippen LogP contribution >= 0.6 is 11.6 Å². The summed E-state index contributed by atoms with van der Waals surface area (Å²) in [6.45, 7) is 2.56. The second-order valence-corrected chi connectivity index (χ2v) is 6.32. The Bertz CT molecular complexity index is 714. The van der Waals surface area contributed by atoms with Crippen LogP contribution in [0, 0.1) is 6.92 Å². The molecule has 0 radical (unpaired) electrons. The third-order valence-electron chi connectivity index (χ3n) is 4.18. The van der Waals surface area contributed by atoms with Crippen LogP contribution in [0.2, 0.25) is 5.02 Å². The Morgan fingerprint density at radius 3 is 2.96 bits per heavy atom. The molecule has 3 rings (SSSR count). The summed E-state index contributed by atoms with van der Waals surface area (Å²) in [7, 11) is 1.90. The number of halogens is 1. The average Bonchev–Trinajstić information content (AvgIpc) is 2.93. The van der Waals surface area contributed by atoms with Gasteiger partial charge in [-0.1, -0.05) is 17.7 Å². The first-order valence-electron chi connectivity index (χ1n) is 7.71. The SMILES string of the molecule is Cc1ccc(C(=O)NC2CCOC(c3ccnn3C)C2)c(Cl)c1. The highest BCUT2D eigenvalue weighted by atomic mass is 35.5. The molecule has 2 unspecified atom stereocenters. The number of hydrogen-bond donors (Lipinski definition) is 1. The van der Waals surface area contributed by atoms with Crippen molar-refractivity contribution in [3.05, 3.63) is 52.3 Å². The molecule has 0 spiro atoms. The molecule has 0 bridgehead atoms. The van der Waals surface area contributed by atoms with E-state index in [0.717, 1.165) is 24.1 Å². The van der Waals surface area contributed by atoms with Gasteiger partial charge in [-0.3, -0.25) is 9.48 Å². The maximum atomic E-state index is 12.5. The van der Waals surface area contributed by atoms with Crippen molar-refractivity contribution in [2.45, 2.75) is 31.9 Å². The number of aryl methyl sites for hydroxylation is 2. The quantitative estimate of drug-likeness (QED) is 0.939. The van der Waals surface area contributed by atoms with E-state index in [1.807, 2.05) is 30.8 Å². The molecule has 1 aliphatic heterocycles. The maximum absolute atomic E-state index is 12.5. The van der Waals surface area contributed by atoms with Crippen LogP contribution in [0.1, 0.15) is 40.6 Å². The van der Waals surface area contributed by atoms with E-state index >= 15 is 0 Å². The number of amides is 1. The molecule has 23 heavy (non-hydrogen) atoms. The molecule has 1 saturated heterocycles. The number of ether oxygens (including phenoxy) is 1. The molecule has 2 aromatic rings. The number of hydrogen-bond acceptors (Lipinski definition) is 3. The lowest BCUT2D eigenvalue weighted by molar-refractivity contribution is -0.00353. The molecule has 6 heteroatoms. The number of benzene rings is 1. The van der Waals surface area contributed by atoms with E-state index in [9.17, 15) is 4.79 Å². The van der Waals surface area contributed by atoms with Gasteiger partial charge in [-0.15, -0.1) is 0 Å². The molecule has 1 N–H and O–H groups in total. The smallest absolute Gasteiger partial charge is 0.253 e. The van der Waals surface area contributed by atoms with Gasteiger partial charge < -0.3 is 10.1 Å². The summed E-state index contributed by atoms with van der Waals surface area (Å²) in [5, 5.41) is 7.73. The first-order valence-corrected chi connectivity index (χ1v) is 8.09. The van der Waals surface area contributed by atoms with Gasteiger partial charge in [-0.05, 0) is 43.5 Å². The molecule has 1 aromatic carbocycles. The number of rotatable bonds is 3. The highest BCUT2D eigenvalue weighted by molar-refractivity contribution is 6.33. The van der Waals surface area contributed by atoms with Crippen molar-refractivity contribution in [1.82, 2.24) is 15.1 Å². The monoisotopic (exact) mass is 333 g/mol. The molecule has 122 valence electrons. The van der Waals surface area contributed by atoms with Gasteiger partial charge >= 0.3 is 0 Å². The third kappa shape index (κ3) is 3.57. The fraction of sp³-hybridized carbons (Fsp3) is 0.412. The highest BCUT2D eigenvalue weighted by Crippen LogP contribution is 2.28. The summed E-state index contributed by atoms with van der Waals surface area (Å²) >= 11 is 6.18. The standard InChI is InChI=1S/C17H20ClN3O2/c1-11-3-4-13(14(18)9-11)17(22)20-12-6-8-23-16(10-12)15-5-7-19-21(15)2/h3-5,7,9,12,16H,6,8,10H2,1-2H3,(H,20,22). The summed E-state index contributed by atoms with van der Waals surface area (Å²) in [5.41, 5.74) is 2.58. The van der Waals surface area contributed by atoms with Gasteiger partial charge in [0.15, 0.2) is 0 Å². The molecular weight excluding hydrogens is 314 g/mol. The van der Waals surface area contributed by atoms with E-state index < -0.39 is 0 Å². The maximum Gasteiger partial charge on any atom is 0.253 e. The number of nitrogens with zero attached hydrogens (tertiary/aromatic N) is 2. The predicted molar refractivity (Wildman–Crippen MR) is 88.6 cm³/mol. The lowest BCUT2D eigenvalue weighted by atomic mass is 10.0. The van der Waals surface area contributed by atoms with E-state index in [4.69, 9.17) is 16.3 Å². The number of carbonyl (C=O) groups is 1. The lowest BCUT2D eigenvalue weighted by Crippen LogP contribution is -2.40. The Morgan fingerprint density at radius 2 is 2.26 bits per heavy atom. The third-order valence-corrected chi connectivity index (χ3v) is 4.49. The van der Waals surface area contributed by atoms with Gasteiger partial charge in [0.1, 0.15) is 6.10 Å². The molecule has 5 nitrogen and oxygen atoms in total. The van der Waals surface area contributed by atoms with Gasteiger partial charge in [-0.2, -0.15) is 5.10 Å². The van der Waals surface area contributed by atoms with Crippen molar-refractivity contribution in [3.63, 3.8) is 0 Å². The fourth-order valence-corrected chi connectivity index (χ4v) is 3.22. The highest BCUT2D eigenvalue weighted by Gasteiger charge is 2.27. The Morgan fingerprint density at radius 1 is 1.43 bits per heavy atom. The van der Waals surface area contributed by atoms with E-state index in [1.165, 1.54) is 0 Å². The van der Waals surface area contributed by atoms with Crippen LogP contribution in [0.5, 0.6) is 0 Å². The van der Waals surface area contributed by atoms with Crippen LogP contribution in [-0.2, 0) is 11.8 Å². The van der Waals surface area contributed by atoms with Crippen molar-refractivity contribution in [1.29, 1.82) is 0 Å². The normalized spacial score (nSPS) is 21.2. The van der Waals surface area contributed by atoms with Crippen molar-refractivity contribution in [2.75, 3.05) is 6.61 Å². The Kier molecular flexibility index (Phi) is 4.68. The first kappa shape index (κ1) is 16.0. The molecule has 0 saturated carbocycles. The van der Waals surface area contributed by atoms with Crippen molar-refractivity contribution in [3.8, 4) is 0 Å². The summed E-state index contributed by atoms with van der Waals surface area (Å²) in [5.74, 6) is -0.134. The lowest BCUT2D eigenvalue weighted by Gasteiger charge is -2.30. The molecule has 1 aliphatic rings. The first-order chi connectivity index (χ1) is 11.0. The topological polar surface area (TPSA) is 56.1 Å². The van der Waals surface area contributed by atoms with Gasteiger partial charge in [0, 0.05) is 25.9 Å². The minimum atomic E-state index is -0.134. The zero-order valence-corrected chi connectivity index (χ0v) is 14.0. The van der Waals surface area contributed by atoms with Crippen molar-refractivity contribution < 1.29 is 9.53 Å². The Hall–Kier alpha value is -1.85. The number of nitrogens with one attached hydrogen (secondary N) is 1. The molecule has 0 aliphatic carbocycles. The van der Waals surface area contributed by atoms with Crippen LogP contribution in [0.15, 0.2) is 30.5 Å². The zero-order chi connectivity index (χ0) is 16.4. The minimum absolute atomic E-state index is 0.0463. The summed E-state index contributed by atoms with van der Waals surface area (Å²) < 4.78 is 7.63. The van der Waals surface area contributed by atoms with Gasteiger partial charge in [0.25, 0.3) is 5.91 Å². The van der Waals surface area contributed by atoms with Gasteiger partial charge in [0.05, 0.1) is 16.3 Å². The fourth-order valence-electron chi connectivity index (χ4n) is 2.90. The molecule has 1 amide bonds. The molecule has 2 atom stereocenters. The summed E-state index contributed by atoms with van der Waals surface area (Å²) in [6.07, 6.45) is 3.24. The average molecular weight is 334 g/mol. The second kappa shape index (κ2) is 6.72. The Balaban J connectivity index is 1.68. The van der Waals surface area contributed by atoms with Crippen LogP contribution in [0.25, 0.3) is 0 Å². The Labute approximate surface area is 140 Å². The number of aromatic nitrogens is 2. The second-order valence-electron chi connectivity index (χ2n) is 5.92. The van der Waals surface area contributed by atoms with Crippen LogP contribution in [-0.4, -0.2) is 28.3 Å². The zero-order valence-electron chi connectivity index (χ0n) is 13.3. The van der Waals surface area contributed by atoms with E-state index in [-0.39, 0.29) is 18.1 Å². The molecule has 2 heterocycles. The summed E-state index contributed by atoms with van der Waals surface area (Å²) in [6, 6.07) is 7.48. The van der Waals surface area contributed by atoms with Crippen LogP contribution in [0.4, 0.5) is 0 Å². The molecular formula is C17H20ClN3O2. The van der Waals surface area contributed by atoms with Crippen LogP contribution < -0.4 is 5.32 Å². The van der Waals surface area contributed by atoms with E-state index in [0.29, 0.717) is 17.2 Å². The largest absolute Gasteiger partial charge is 0.372 e. The predicted octanol–water partition coefficient (Wildman–Crippen LogP) is 3.03. The molecule has 1 aromatic heterocycles. The minimum Gasteiger partial charge on any atom is -0.372 e. The summed E-state index contributed by atoms with van der Waals surface area (Å²) in [4.78, 5) is 12.5. The van der Waals surface area contributed by atoms with Crippen LogP contribution in [0.3, 0.4) is 0 Å².